The van der Waals surface area contributed by atoms with Gasteiger partial charge in [-0.25, -0.2) is 0 Å². The Morgan fingerprint density at radius 3 is 2.05 bits per heavy atom. The first kappa shape index (κ1) is 15.3. The maximum Gasteiger partial charge on any atom is 0 e. The van der Waals surface area contributed by atoms with Crippen molar-refractivity contribution in [3.05, 3.63) is 58.7 Å². The molecule has 0 aliphatic heterocycles. The minimum absolute atomic E-state index is 0. The van der Waals surface area contributed by atoms with Crippen LogP contribution >= 0.6 is 0 Å². The molecule has 0 heteroatoms. The van der Waals surface area contributed by atoms with Gasteiger partial charge in [-0.05, 0) is 78.8 Å². The Bertz CT molecular complexity index is 646. The fourth-order valence-corrected chi connectivity index (χ4v) is 3.80. The molecule has 0 saturated heterocycles. The summed E-state index contributed by atoms with van der Waals surface area (Å²) in [7, 11) is 0. The third-order valence-corrected chi connectivity index (χ3v) is 5.77. The zero-order chi connectivity index (χ0) is 15.7. The Hall–Kier alpha value is -1.56. The van der Waals surface area contributed by atoms with Gasteiger partial charge in [0, 0.05) is 1.43 Å². The van der Waals surface area contributed by atoms with Crippen molar-refractivity contribution in [1.29, 1.82) is 0 Å². The van der Waals surface area contributed by atoms with Gasteiger partial charge in [0.25, 0.3) is 0 Å². The first-order valence-electron chi connectivity index (χ1n) is 8.73. The number of benzene rings is 2. The fraction of sp³-hybridized carbons (Fsp3) is 0.455. The van der Waals surface area contributed by atoms with E-state index in [1.54, 1.807) is 0 Å². The van der Waals surface area contributed by atoms with Crippen LogP contribution in [0, 0.1) is 26.7 Å². The topological polar surface area (TPSA) is 0 Å². The maximum absolute atomic E-state index is 2.39. The number of rotatable bonds is 2. The second-order valence-electron chi connectivity index (χ2n) is 7.26. The van der Waals surface area contributed by atoms with Crippen molar-refractivity contribution < 1.29 is 1.43 Å². The Labute approximate surface area is 137 Å². The smallest absolute Gasteiger partial charge is 0 e. The normalized spacial score (nSPS) is 21.8. The maximum atomic E-state index is 2.39. The third kappa shape index (κ3) is 2.97. The lowest BCUT2D eigenvalue weighted by molar-refractivity contribution is 0.348. The monoisotopic (exact) mass is 294 g/mol. The van der Waals surface area contributed by atoms with Gasteiger partial charge in [0.2, 0.25) is 0 Å². The van der Waals surface area contributed by atoms with E-state index in [0.29, 0.717) is 0 Å². The highest BCUT2D eigenvalue weighted by Crippen LogP contribution is 2.36. The van der Waals surface area contributed by atoms with E-state index in [0.717, 1.165) is 11.8 Å². The van der Waals surface area contributed by atoms with E-state index in [-0.39, 0.29) is 1.43 Å². The first-order valence-corrected chi connectivity index (χ1v) is 8.73. The molecule has 0 unspecified atom stereocenters. The van der Waals surface area contributed by atoms with Crippen LogP contribution in [-0.4, -0.2) is 0 Å². The molecule has 0 nitrogen and oxygen atoms in total. The van der Waals surface area contributed by atoms with Crippen molar-refractivity contribution in [3.63, 3.8) is 0 Å². The van der Waals surface area contributed by atoms with Crippen LogP contribution in [0.1, 0.15) is 62.2 Å². The summed E-state index contributed by atoms with van der Waals surface area (Å²) in [5, 5.41) is 0. The number of hydrogen-bond acceptors (Lipinski definition) is 0. The highest BCUT2D eigenvalue weighted by molar-refractivity contribution is 5.69. The summed E-state index contributed by atoms with van der Waals surface area (Å²) in [5.41, 5.74) is 8.49. The summed E-state index contributed by atoms with van der Waals surface area (Å²) in [4.78, 5) is 0. The summed E-state index contributed by atoms with van der Waals surface area (Å²) in [5.74, 6) is 1.71. The summed E-state index contributed by atoms with van der Waals surface area (Å²) < 4.78 is 0. The van der Waals surface area contributed by atoms with Crippen LogP contribution in [-0.2, 0) is 0 Å². The van der Waals surface area contributed by atoms with E-state index in [1.165, 1.54) is 59.1 Å². The van der Waals surface area contributed by atoms with Crippen molar-refractivity contribution in [2.75, 3.05) is 0 Å². The Balaban J connectivity index is 0.00000192. The van der Waals surface area contributed by atoms with Gasteiger partial charge in [-0.3, -0.25) is 0 Å². The van der Waals surface area contributed by atoms with Gasteiger partial charge in [0.15, 0.2) is 0 Å². The van der Waals surface area contributed by atoms with E-state index in [4.69, 9.17) is 0 Å². The van der Waals surface area contributed by atoms with E-state index in [1.807, 2.05) is 0 Å². The molecule has 1 saturated carbocycles. The van der Waals surface area contributed by atoms with E-state index < -0.39 is 0 Å². The molecular weight excluding hydrogens is 264 g/mol. The summed E-state index contributed by atoms with van der Waals surface area (Å²) in [6.45, 7) is 9.06. The van der Waals surface area contributed by atoms with Gasteiger partial charge >= 0.3 is 0 Å². The Morgan fingerprint density at radius 1 is 0.773 bits per heavy atom. The number of hydrogen-bond donors (Lipinski definition) is 0. The average Bonchev–Trinajstić information content (AvgIpc) is 2.54. The van der Waals surface area contributed by atoms with Gasteiger partial charge in [0.1, 0.15) is 0 Å². The molecule has 0 N–H and O–H groups in total. The predicted molar refractivity (Wildman–Crippen MR) is 98.6 cm³/mol. The molecule has 0 amide bonds. The number of aryl methyl sites for hydroxylation is 1. The summed E-state index contributed by atoms with van der Waals surface area (Å²) in [6.07, 6.45) is 5.51. The molecule has 1 aliphatic carbocycles. The largest absolute Gasteiger partial charge is 0.0625 e. The highest BCUT2D eigenvalue weighted by atomic mass is 14.2. The minimum atomic E-state index is 0. The predicted octanol–water partition coefficient (Wildman–Crippen LogP) is 6.82. The molecule has 1 fully saturated rings. The van der Waals surface area contributed by atoms with Crippen LogP contribution in [0.15, 0.2) is 36.4 Å². The molecule has 1 aliphatic rings. The van der Waals surface area contributed by atoms with Gasteiger partial charge in [-0.2, -0.15) is 0 Å². The van der Waals surface area contributed by atoms with Crippen LogP contribution in [0.5, 0.6) is 0 Å². The van der Waals surface area contributed by atoms with Crippen LogP contribution in [0.3, 0.4) is 0 Å². The molecule has 0 heterocycles. The molecule has 0 atom stereocenters. The molecule has 0 radical (unpaired) electrons. The van der Waals surface area contributed by atoms with Crippen LogP contribution in [0.4, 0.5) is 0 Å². The van der Waals surface area contributed by atoms with Gasteiger partial charge in [0.05, 0.1) is 0 Å². The quantitative estimate of drug-likeness (QED) is 0.570. The van der Waals surface area contributed by atoms with Crippen LogP contribution in [0.25, 0.3) is 11.1 Å². The molecular formula is C22H30. The van der Waals surface area contributed by atoms with Crippen molar-refractivity contribution >= 4 is 0 Å². The van der Waals surface area contributed by atoms with Crippen molar-refractivity contribution in [1.82, 2.24) is 0 Å². The third-order valence-electron chi connectivity index (χ3n) is 5.77. The highest BCUT2D eigenvalue weighted by Gasteiger charge is 2.19. The molecule has 2 aromatic carbocycles. The molecule has 3 rings (SSSR count). The lowest BCUT2D eigenvalue weighted by atomic mass is 9.79. The van der Waals surface area contributed by atoms with Crippen LogP contribution < -0.4 is 0 Å². The molecule has 0 aromatic heterocycles. The first-order chi connectivity index (χ1) is 10.6. The van der Waals surface area contributed by atoms with Crippen molar-refractivity contribution in [2.45, 2.75) is 59.3 Å². The minimum Gasteiger partial charge on any atom is -0.0625 e. The molecule has 0 bridgehead atoms. The van der Waals surface area contributed by atoms with Gasteiger partial charge < -0.3 is 0 Å². The molecule has 118 valence electrons. The molecule has 22 heavy (non-hydrogen) atoms. The van der Waals surface area contributed by atoms with Gasteiger partial charge in [-0.15, -0.1) is 0 Å². The lowest BCUT2D eigenvalue weighted by Gasteiger charge is -2.26. The molecule has 0 spiro atoms. The standard InChI is InChI=1S/C22H28.H2/c1-15-5-8-19(9-6-15)20-10-12-21(13-11-20)22-14-7-16(2)17(3)18(22)4;/h7,10-15,19H,5-6,8-9H2,1-4H3;1H. The van der Waals surface area contributed by atoms with E-state index in [2.05, 4.69) is 64.1 Å². The average molecular weight is 294 g/mol. The second kappa shape index (κ2) is 6.28. The summed E-state index contributed by atoms with van der Waals surface area (Å²) >= 11 is 0. The second-order valence-corrected chi connectivity index (χ2v) is 7.26. The Kier molecular flexibility index (Phi) is 4.38. The van der Waals surface area contributed by atoms with Crippen molar-refractivity contribution in [3.8, 4) is 11.1 Å². The summed E-state index contributed by atoms with van der Waals surface area (Å²) in [6, 6.07) is 13.9. The van der Waals surface area contributed by atoms with Crippen molar-refractivity contribution in [2.24, 2.45) is 5.92 Å². The molecule has 2 aromatic rings. The van der Waals surface area contributed by atoms with Gasteiger partial charge in [-0.1, -0.05) is 56.2 Å². The zero-order valence-electron chi connectivity index (χ0n) is 14.4. The lowest BCUT2D eigenvalue weighted by Crippen LogP contribution is -2.10. The Morgan fingerprint density at radius 2 is 1.41 bits per heavy atom. The fourth-order valence-electron chi connectivity index (χ4n) is 3.80. The zero-order valence-corrected chi connectivity index (χ0v) is 14.4. The SMILES string of the molecule is Cc1ccc(-c2ccc(C3CCC(C)CC3)cc2)c(C)c1C.[HH]. The van der Waals surface area contributed by atoms with E-state index in [9.17, 15) is 0 Å². The van der Waals surface area contributed by atoms with E-state index >= 15 is 0 Å². The van der Waals surface area contributed by atoms with Crippen LogP contribution in [0.2, 0.25) is 0 Å².